The van der Waals surface area contributed by atoms with Crippen LogP contribution >= 0.6 is 31.9 Å². The van der Waals surface area contributed by atoms with E-state index in [0.717, 1.165) is 4.47 Å². The van der Waals surface area contributed by atoms with E-state index in [1.165, 1.54) is 0 Å². The van der Waals surface area contributed by atoms with Crippen molar-refractivity contribution in [2.45, 2.75) is 0 Å². The van der Waals surface area contributed by atoms with E-state index in [2.05, 4.69) is 31.9 Å². The van der Waals surface area contributed by atoms with Crippen molar-refractivity contribution in [1.29, 1.82) is 0 Å². The second-order valence-electron chi connectivity index (χ2n) is 2.95. The molecule has 0 fully saturated rings. The Morgan fingerprint density at radius 3 is 2.31 bits per heavy atom. The standard InChI is InChI=1S/C11H6Br2O3/c12-7-1-3-8(4-2-7)15-11(14)9-5-6-10(13)16-9/h1-6H. The predicted molar refractivity (Wildman–Crippen MR) is 65.5 cm³/mol. The van der Waals surface area contributed by atoms with E-state index in [9.17, 15) is 4.79 Å². The van der Waals surface area contributed by atoms with Crippen LogP contribution in [0.25, 0.3) is 0 Å². The first-order valence-corrected chi connectivity index (χ1v) is 5.97. The highest BCUT2D eigenvalue weighted by atomic mass is 79.9. The van der Waals surface area contributed by atoms with Gasteiger partial charge < -0.3 is 9.15 Å². The van der Waals surface area contributed by atoms with Gasteiger partial charge in [-0.3, -0.25) is 0 Å². The SMILES string of the molecule is O=C(Oc1ccc(Br)cc1)c1ccc(Br)o1. The fourth-order valence-corrected chi connectivity index (χ4v) is 1.65. The summed E-state index contributed by atoms with van der Waals surface area (Å²) in [5, 5.41) is 0. The third kappa shape index (κ3) is 2.74. The monoisotopic (exact) mass is 344 g/mol. The van der Waals surface area contributed by atoms with Crippen molar-refractivity contribution in [3.63, 3.8) is 0 Å². The van der Waals surface area contributed by atoms with Gasteiger partial charge in [0.1, 0.15) is 5.75 Å². The summed E-state index contributed by atoms with van der Waals surface area (Å²) >= 11 is 6.41. The van der Waals surface area contributed by atoms with Gasteiger partial charge in [-0.15, -0.1) is 0 Å². The van der Waals surface area contributed by atoms with Crippen LogP contribution in [-0.2, 0) is 0 Å². The fraction of sp³-hybridized carbons (Fsp3) is 0. The molecule has 0 saturated carbocycles. The van der Waals surface area contributed by atoms with E-state index in [-0.39, 0.29) is 5.76 Å². The Morgan fingerprint density at radius 1 is 1.06 bits per heavy atom. The highest BCUT2D eigenvalue weighted by Crippen LogP contribution is 2.19. The van der Waals surface area contributed by atoms with Crippen molar-refractivity contribution >= 4 is 37.8 Å². The molecule has 2 aromatic rings. The first-order valence-electron chi connectivity index (χ1n) is 4.38. The topological polar surface area (TPSA) is 39.4 Å². The summed E-state index contributed by atoms with van der Waals surface area (Å²) in [6.45, 7) is 0. The van der Waals surface area contributed by atoms with E-state index in [1.54, 1.807) is 36.4 Å². The largest absolute Gasteiger partial charge is 0.442 e. The molecular formula is C11H6Br2O3. The van der Waals surface area contributed by atoms with Crippen molar-refractivity contribution in [1.82, 2.24) is 0 Å². The van der Waals surface area contributed by atoms with Gasteiger partial charge >= 0.3 is 5.97 Å². The molecule has 0 aliphatic rings. The zero-order valence-corrected chi connectivity index (χ0v) is 11.1. The number of carbonyl (C=O) groups is 1. The minimum atomic E-state index is -0.520. The third-order valence-corrected chi connectivity index (χ3v) is 2.75. The number of ether oxygens (including phenoxy) is 1. The molecule has 0 atom stereocenters. The summed E-state index contributed by atoms with van der Waals surface area (Å²) in [5.74, 6) is 0.114. The minimum Gasteiger partial charge on any atom is -0.442 e. The molecule has 82 valence electrons. The maximum Gasteiger partial charge on any atom is 0.379 e. The summed E-state index contributed by atoms with van der Waals surface area (Å²) < 4.78 is 11.6. The van der Waals surface area contributed by atoms with E-state index in [0.29, 0.717) is 10.4 Å². The molecule has 2 rings (SSSR count). The molecule has 0 bridgehead atoms. The van der Waals surface area contributed by atoms with Crippen LogP contribution < -0.4 is 4.74 Å². The van der Waals surface area contributed by atoms with Crippen LogP contribution in [0.2, 0.25) is 0 Å². The Balaban J connectivity index is 2.10. The number of benzene rings is 1. The summed E-state index contributed by atoms with van der Waals surface area (Å²) in [6.07, 6.45) is 0. The van der Waals surface area contributed by atoms with Gasteiger partial charge in [-0.1, -0.05) is 15.9 Å². The van der Waals surface area contributed by atoms with Crippen molar-refractivity contribution in [2.75, 3.05) is 0 Å². The fourth-order valence-electron chi connectivity index (χ4n) is 1.08. The Labute approximate surface area is 109 Å². The number of hydrogen-bond acceptors (Lipinski definition) is 3. The molecule has 16 heavy (non-hydrogen) atoms. The smallest absolute Gasteiger partial charge is 0.379 e. The van der Waals surface area contributed by atoms with E-state index in [1.807, 2.05) is 0 Å². The molecule has 1 aromatic heterocycles. The van der Waals surface area contributed by atoms with Crippen LogP contribution in [0.15, 0.2) is 50.0 Å². The zero-order chi connectivity index (χ0) is 11.5. The highest BCUT2D eigenvalue weighted by Gasteiger charge is 2.12. The average Bonchev–Trinajstić information content (AvgIpc) is 2.68. The average molecular weight is 346 g/mol. The molecule has 0 radical (unpaired) electrons. The molecule has 0 N–H and O–H groups in total. The normalized spacial score (nSPS) is 10.1. The van der Waals surface area contributed by atoms with Crippen LogP contribution in [0.1, 0.15) is 10.6 Å². The van der Waals surface area contributed by atoms with Crippen LogP contribution in [0, 0.1) is 0 Å². The molecule has 1 aromatic carbocycles. The Kier molecular flexibility index (Phi) is 3.46. The molecule has 0 unspecified atom stereocenters. The van der Waals surface area contributed by atoms with Crippen molar-refractivity contribution in [2.24, 2.45) is 0 Å². The Morgan fingerprint density at radius 2 is 1.75 bits per heavy atom. The van der Waals surface area contributed by atoms with Gasteiger partial charge in [0.15, 0.2) is 4.67 Å². The van der Waals surface area contributed by atoms with Crippen molar-refractivity contribution < 1.29 is 13.9 Å². The second kappa shape index (κ2) is 4.84. The van der Waals surface area contributed by atoms with Crippen molar-refractivity contribution in [3.05, 3.63) is 51.3 Å². The molecule has 5 heteroatoms. The maximum atomic E-state index is 11.6. The first-order chi connectivity index (χ1) is 7.65. The lowest BCUT2D eigenvalue weighted by atomic mass is 10.3. The van der Waals surface area contributed by atoms with Gasteiger partial charge in [0, 0.05) is 4.47 Å². The number of halogens is 2. The van der Waals surface area contributed by atoms with Gasteiger partial charge in [0.05, 0.1) is 0 Å². The van der Waals surface area contributed by atoms with E-state index < -0.39 is 5.97 Å². The first kappa shape index (κ1) is 11.4. The van der Waals surface area contributed by atoms with E-state index >= 15 is 0 Å². The molecule has 0 saturated heterocycles. The number of carbonyl (C=O) groups excluding carboxylic acids is 1. The lowest BCUT2D eigenvalue weighted by molar-refractivity contribution is 0.0700. The Hall–Kier alpha value is -1.07. The lowest BCUT2D eigenvalue weighted by Crippen LogP contribution is -2.06. The highest BCUT2D eigenvalue weighted by molar-refractivity contribution is 9.10. The molecule has 0 spiro atoms. The minimum absolute atomic E-state index is 0.162. The molecule has 0 aliphatic heterocycles. The second-order valence-corrected chi connectivity index (χ2v) is 4.64. The van der Waals surface area contributed by atoms with Gasteiger partial charge in [-0.2, -0.15) is 0 Å². The van der Waals surface area contributed by atoms with Gasteiger partial charge in [0.25, 0.3) is 0 Å². The summed E-state index contributed by atoms with van der Waals surface area (Å²) in [7, 11) is 0. The number of esters is 1. The summed E-state index contributed by atoms with van der Waals surface area (Å²) in [5.41, 5.74) is 0. The number of hydrogen-bond donors (Lipinski definition) is 0. The van der Waals surface area contributed by atoms with Gasteiger partial charge in [-0.25, -0.2) is 4.79 Å². The molecule has 3 nitrogen and oxygen atoms in total. The molecular weight excluding hydrogens is 340 g/mol. The zero-order valence-electron chi connectivity index (χ0n) is 7.94. The van der Waals surface area contributed by atoms with Crippen LogP contribution in [-0.4, -0.2) is 5.97 Å². The molecule has 0 amide bonds. The third-order valence-electron chi connectivity index (χ3n) is 1.80. The predicted octanol–water partition coefficient (Wildman–Crippen LogP) is 4.02. The van der Waals surface area contributed by atoms with Gasteiger partial charge in [-0.05, 0) is 52.3 Å². The number of furan rings is 1. The summed E-state index contributed by atoms with van der Waals surface area (Å²) in [6, 6.07) is 10.2. The Bertz CT molecular complexity index is 502. The summed E-state index contributed by atoms with van der Waals surface area (Å²) in [4.78, 5) is 11.6. The number of rotatable bonds is 2. The van der Waals surface area contributed by atoms with Crippen molar-refractivity contribution in [3.8, 4) is 5.75 Å². The molecule has 1 heterocycles. The molecule has 0 aliphatic carbocycles. The van der Waals surface area contributed by atoms with Gasteiger partial charge in [0.2, 0.25) is 5.76 Å². The van der Waals surface area contributed by atoms with E-state index in [4.69, 9.17) is 9.15 Å². The van der Waals surface area contributed by atoms with Crippen LogP contribution in [0.3, 0.4) is 0 Å². The quantitative estimate of drug-likeness (QED) is 0.609. The maximum absolute atomic E-state index is 11.6. The van der Waals surface area contributed by atoms with Crippen LogP contribution in [0.4, 0.5) is 0 Å². The van der Waals surface area contributed by atoms with Crippen LogP contribution in [0.5, 0.6) is 5.75 Å². The lowest BCUT2D eigenvalue weighted by Gasteiger charge is -2.01.